The fourth-order valence-electron chi connectivity index (χ4n) is 3.50. The largest absolute Gasteiger partial charge is 0.496 e. The maximum absolute atomic E-state index is 13.1. The highest BCUT2D eigenvalue weighted by molar-refractivity contribution is 6.00. The molecule has 29 heavy (non-hydrogen) atoms. The second kappa shape index (κ2) is 7.72. The molecule has 0 spiro atoms. The lowest BCUT2D eigenvalue weighted by Gasteiger charge is -2.28. The normalized spacial score (nSPS) is 12.7. The van der Waals surface area contributed by atoms with E-state index in [1.54, 1.807) is 53.1 Å². The Balaban J connectivity index is 2.51. The van der Waals surface area contributed by atoms with Crippen LogP contribution in [-0.2, 0) is 16.6 Å². The molecule has 0 amide bonds. The van der Waals surface area contributed by atoms with E-state index >= 15 is 0 Å². The third-order valence-electron chi connectivity index (χ3n) is 4.67. The van der Waals surface area contributed by atoms with Crippen LogP contribution in [0.15, 0.2) is 53.3 Å². The summed E-state index contributed by atoms with van der Waals surface area (Å²) < 4.78 is 12.8. The van der Waals surface area contributed by atoms with Crippen LogP contribution in [0.1, 0.15) is 32.6 Å². The summed E-state index contributed by atoms with van der Waals surface area (Å²) in [7, 11) is 3.13. The molecule has 0 bridgehead atoms. The van der Waals surface area contributed by atoms with E-state index in [1.165, 1.54) is 4.57 Å². The zero-order valence-corrected chi connectivity index (χ0v) is 17.2. The summed E-state index contributed by atoms with van der Waals surface area (Å²) >= 11 is 0. The van der Waals surface area contributed by atoms with Gasteiger partial charge in [-0.3, -0.25) is 4.79 Å². The van der Waals surface area contributed by atoms with E-state index in [0.717, 1.165) is 0 Å². The topological polar surface area (TPSA) is 77.8 Å². The standard InChI is InChI=1S/C23H25NO5/c1-23(2,3)29-20(22(26)27)19-18(16-12-8-9-13-17(16)28-5)14-10-6-7-11-15(14)21(25)24(19)4/h6-13,20H,1-5H3,(H,26,27). The molecule has 152 valence electrons. The average molecular weight is 395 g/mol. The molecule has 1 heterocycles. The summed E-state index contributed by atoms with van der Waals surface area (Å²) in [6.45, 7) is 5.35. The van der Waals surface area contributed by atoms with Crippen LogP contribution in [0, 0.1) is 0 Å². The third-order valence-corrected chi connectivity index (χ3v) is 4.67. The number of carbonyl (C=O) groups is 1. The van der Waals surface area contributed by atoms with Gasteiger partial charge in [0.05, 0.1) is 18.4 Å². The lowest BCUT2D eigenvalue weighted by Crippen LogP contribution is -2.33. The fraction of sp³-hybridized carbons (Fsp3) is 0.304. The Hall–Kier alpha value is -3.12. The first-order valence-electron chi connectivity index (χ1n) is 9.31. The Bertz CT molecular complexity index is 1120. The van der Waals surface area contributed by atoms with Gasteiger partial charge in [0.2, 0.25) is 0 Å². The monoisotopic (exact) mass is 395 g/mol. The molecule has 6 nitrogen and oxygen atoms in total. The van der Waals surface area contributed by atoms with Gasteiger partial charge in [-0.05, 0) is 38.3 Å². The van der Waals surface area contributed by atoms with Gasteiger partial charge in [-0.15, -0.1) is 0 Å². The van der Waals surface area contributed by atoms with Crippen LogP contribution in [0.25, 0.3) is 21.9 Å². The Labute approximate surface area is 169 Å². The predicted octanol–water partition coefficient (Wildman–Crippen LogP) is 4.15. The molecule has 1 N–H and O–H groups in total. The number of benzene rings is 2. The number of para-hydroxylation sites is 1. The number of aliphatic carboxylic acids is 1. The molecule has 0 fully saturated rings. The molecule has 0 aliphatic rings. The van der Waals surface area contributed by atoms with Gasteiger partial charge in [0.25, 0.3) is 5.56 Å². The van der Waals surface area contributed by atoms with Gasteiger partial charge < -0.3 is 19.1 Å². The van der Waals surface area contributed by atoms with Crippen LogP contribution in [0.4, 0.5) is 0 Å². The molecule has 1 unspecified atom stereocenters. The van der Waals surface area contributed by atoms with Gasteiger partial charge in [0.1, 0.15) is 5.75 Å². The van der Waals surface area contributed by atoms with Crippen molar-refractivity contribution < 1.29 is 19.4 Å². The van der Waals surface area contributed by atoms with Crippen LogP contribution in [-0.4, -0.2) is 28.4 Å². The van der Waals surface area contributed by atoms with Crippen LogP contribution in [0.5, 0.6) is 5.75 Å². The summed E-state index contributed by atoms with van der Waals surface area (Å²) in [6.07, 6.45) is -1.34. The summed E-state index contributed by atoms with van der Waals surface area (Å²) in [5, 5.41) is 11.2. The summed E-state index contributed by atoms with van der Waals surface area (Å²) in [6, 6.07) is 14.5. The minimum Gasteiger partial charge on any atom is -0.496 e. The maximum Gasteiger partial charge on any atom is 0.339 e. The quantitative estimate of drug-likeness (QED) is 0.702. The third kappa shape index (κ3) is 3.89. The molecule has 2 aromatic carbocycles. The summed E-state index contributed by atoms with van der Waals surface area (Å²) in [5.41, 5.74) is 0.569. The Kier molecular flexibility index (Phi) is 5.48. The lowest BCUT2D eigenvalue weighted by molar-refractivity contribution is -0.161. The molecule has 3 rings (SSSR count). The van der Waals surface area contributed by atoms with E-state index in [4.69, 9.17) is 9.47 Å². The molecule has 0 aliphatic carbocycles. The van der Waals surface area contributed by atoms with Crippen molar-refractivity contribution in [3.8, 4) is 16.9 Å². The van der Waals surface area contributed by atoms with Crippen molar-refractivity contribution in [3.63, 3.8) is 0 Å². The van der Waals surface area contributed by atoms with E-state index in [-0.39, 0.29) is 11.3 Å². The molecule has 0 saturated carbocycles. The SMILES string of the molecule is COc1ccccc1-c1c(C(OC(C)(C)C)C(=O)O)n(C)c(=O)c2ccccc12. The van der Waals surface area contributed by atoms with E-state index < -0.39 is 17.7 Å². The highest BCUT2D eigenvalue weighted by atomic mass is 16.5. The van der Waals surface area contributed by atoms with Gasteiger partial charge in [0, 0.05) is 23.6 Å². The van der Waals surface area contributed by atoms with E-state index in [2.05, 4.69) is 0 Å². The number of aromatic nitrogens is 1. The van der Waals surface area contributed by atoms with Crippen LogP contribution >= 0.6 is 0 Å². The highest BCUT2D eigenvalue weighted by Gasteiger charge is 2.33. The minimum atomic E-state index is -1.34. The number of carboxylic acid groups (broad SMARTS) is 1. The predicted molar refractivity (Wildman–Crippen MR) is 112 cm³/mol. The second-order valence-corrected chi connectivity index (χ2v) is 7.82. The van der Waals surface area contributed by atoms with Gasteiger partial charge in [-0.1, -0.05) is 36.4 Å². The average Bonchev–Trinajstić information content (AvgIpc) is 2.68. The Morgan fingerprint density at radius 2 is 1.62 bits per heavy atom. The number of methoxy groups -OCH3 is 1. The number of ether oxygens (including phenoxy) is 2. The molecular formula is C23H25NO5. The van der Waals surface area contributed by atoms with E-state index in [1.807, 2.05) is 30.3 Å². The van der Waals surface area contributed by atoms with Crippen molar-refractivity contribution in [2.45, 2.75) is 32.5 Å². The summed E-state index contributed by atoms with van der Waals surface area (Å²) in [5.74, 6) is -0.584. The molecule has 1 aromatic heterocycles. The van der Waals surface area contributed by atoms with Crippen molar-refractivity contribution >= 4 is 16.7 Å². The number of rotatable bonds is 5. The van der Waals surface area contributed by atoms with Crippen LogP contribution in [0.3, 0.4) is 0 Å². The summed E-state index contributed by atoms with van der Waals surface area (Å²) in [4.78, 5) is 25.3. The Morgan fingerprint density at radius 1 is 1.03 bits per heavy atom. The first-order valence-corrected chi connectivity index (χ1v) is 9.31. The molecule has 0 saturated heterocycles. The molecule has 0 aliphatic heterocycles. The van der Waals surface area contributed by atoms with Gasteiger partial charge in [0.15, 0.2) is 6.10 Å². The molecule has 1 atom stereocenters. The number of pyridine rings is 1. The fourth-order valence-corrected chi connectivity index (χ4v) is 3.50. The second-order valence-electron chi connectivity index (χ2n) is 7.82. The number of hydrogen-bond acceptors (Lipinski definition) is 4. The Morgan fingerprint density at radius 3 is 2.21 bits per heavy atom. The molecule has 6 heteroatoms. The van der Waals surface area contributed by atoms with Crippen LogP contribution in [0.2, 0.25) is 0 Å². The zero-order valence-electron chi connectivity index (χ0n) is 17.2. The number of fused-ring (bicyclic) bond motifs is 1. The van der Waals surface area contributed by atoms with Crippen LogP contribution < -0.4 is 10.3 Å². The first-order chi connectivity index (χ1) is 13.7. The zero-order chi connectivity index (χ0) is 21.3. The van der Waals surface area contributed by atoms with E-state index in [0.29, 0.717) is 27.6 Å². The number of hydrogen-bond donors (Lipinski definition) is 1. The van der Waals surface area contributed by atoms with Crippen molar-refractivity contribution in [1.29, 1.82) is 0 Å². The van der Waals surface area contributed by atoms with Crippen molar-refractivity contribution in [3.05, 3.63) is 64.6 Å². The highest BCUT2D eigenvalue weighted by Crippen LogP contribution is 2.40. The number of nitrogens with zero attached hydrogens (tertiary/aromatic N) is 1. The molecule has 3 aromatic rings. The molecular weight excluding hydrogens is 370 g/mol. The van der Waals surface area contributed by atoms with Gasteiger partial charge >= 0.3 is 5.97 Å². The molecule has 0 radical (unpaired) electrons. The van der Waals surface area contributed by atoms with Crippen molar-refractivity contribution in [2.24, 2.45) is 7.05 Å². The lowest BCUT2D eigenvalue weighted by atomic mass is 9.93. The van der Waals surface area contributed by atoms with Gasteiger partial charge in [-0.2, -0.15) is 0 Å². The smallest absolute Gasteiger partial charge is 0.339 e. The first kappa shape index (κ1) is 20.6. The minimum absolute atomic E-state index is 0.278. The van der Waals surface area contributed by atoms with Crippen molar-refractivity contribution in [2.75, 3.05) is 7.11 Å². The van der Waals surface area contributed by atoms with Crippen molar-refractivity contribution in [1.82, 2.24) is 4.57 Å². The maximum atomic E-state index is 13.1. The van der Waals surface area contributed by atoms with E-state index in [9.17, 15) is 14.7 Å². The number of carboxylic acids is 1. The van der Waals surface area contributed by atoms with Gasteiger partial charge in [-0.25, -0.2) is 4.79 Å².